The van der Waals surface area contributed by atoms with E-state index in [-0.39, 0.29) is 30.6 Å². The first-order valence-electron chi connectivity index (χ1n) is 15.0. The normalized spacial score (nSPS) is 39.7. The maximum atomic E-state index is 15.1. The van der Waals surface area contributed by atoms with Crippen LogP contribution in [0.2, 0.25) is 0 Å². The summed E-state index contributed by atoms with van der Waals surface area (Å²) in [4.78, 5) is 54.4. The van der Waals surface area contributed by atoms with Gasteiger partial charge in [0, 0.05) is 30.6 Å². The van der Waals surface area contributed by atoms with Crippen molar-refractivity contribution in [3.63, 3.8) is 0 Å². The molecule has 4 aliphatic rings. The molecule has 2 unspecified atom stereocenters. The van der Waals surface area contributed by atoms with Gasteiger partial charge in [0.15, 0.2) is 17.5 Å². The lowest BCUT2D eigenvalue weighted by atomic mass is 9.43. The van der Waals surface area contributed by atoms with Crippen molar-refractivity contribution in [2.75, 3.05) is 6.61 Å². The van der Waals surface area contributed by atoms with E-state index in [1.54, 1.807) is 65.0 Å². The zero-order valence-electron chi connectivity index (χ0n) is 25.8. The zero-order chi connectivity index (χ0) is 31.7. The number of rotatable bonds is 5. The molecule has 1 aliphatic heterocycles. The molecule has 2 bridgehead atoms. The third-order valence-corrected chi connectivity index (χ3v) is 10.9. The van der Waals surface area contributed by atoms with Gasteiger partial charge in [0.2, 0.25) is 0 Å². The van der Waals surface area contributed by atoms with E-state index in [2.05, 4.69) is 0 Å². The van der Waals surface area contributed by atoms with Crippen molar-refractivity contribution in [1.82, 2.24) is 0 Å². The first-order chi connectivity index (χ1) is 20.1. The molecule has 43 heavy (non-hydrogen) atoms. The summed E-state index contributed by atoms with van der Waals surface area (Å²) < 4.78 is 24.2. The van der Waals surface area contributed by atoms with Gasteiger partial charge >= 0.3 is 17.9 Å². The number of aliphatic hydroxyl groups is 2. The van der Waals surface area contributed by atoms with Gasteiger partial charge in [-0.25, -0.2) is 4.79 Å². The van der Waals surface area contributed by atoms with E-state index >= 15 is 4.79 Å². The van der Waals surface area contributed by atoms with Crippen molar-refractivity contribution in [2.24, 2.45) is 22.7 Å². The number of esters is 3. The molecule has 0 spiro atoms. The van der Waals surface area contributed by atoms with Crippen LogP contribution in [0.1, 0.15) is 78.1 Å². The Morgan fingerprint density at radius 3 is 2.30 bits per heavy atom. The largest absolute Gasteiger partial charge is 0.455 e. The Bertz CT molecular complexity index is 1370. The number of aliphatic hydroxyl groups excluding tert-OH is 1. The number of Topliss-reactive ketones (excluding diaryl/α,β-unsaturated/α-hetero) is 1. The van der Waals surface area contributed by atoms with E-state index in [0.29, 0.717) is 12.0 Å². The van der Waals surface area contributed by atoms with Gasteiger partial charge in [0.25, 0.3) is 0 Å². The van der Waals surface area contributed by atoms with Crippen LogP contribution < -0.4 is 0 Å². The van der Waals surface area contributed by atoms with Crippen LogP contribution in [-0.2, 0) is 33.3 Å². The Morgan fingerprint density at radius 1 is 1.09 bits per heavy atom. The summed E-state index contributed by atoms with van der Waals surface area (Å²) in [5, 5.41) is 24.4. The lowest BCUT2D eigenvalue weighted by Crippen LogP contribution is -2.80. The molecule has 3 fully saturated rings. The minimum Gasteiger partial charge on any atom is -0.455 e. The molecule has 2 saturated carbocycles. The smallest absolute Gasteiger partial charge is 0.338 e. The van der Waals surface area contributed by atoms with Crippen molar-refractivity contribution in [2.45, 2.75) is 103 Å². The molecule has 234 valence electrons. The van der Waals surface area contributed by atoms with Gasteiger partial charge in [0.1, 0.15) is 17.8 Å². The molecule has 5 rings (SSSR count). The van der Waals surface area contributed by atoms with Crippen LogP contribution in [0.5, 0.6) is 0 Å². The maximum Gasteiger partial charge on any atom is 0.338 e. The number of fused-ring (bicyclic) bond motifs is 5. The van der Waals surface area contributed by atoms with Crippen LogP contribution in [0.15, 0.2) is 41.5 Å². The van der Waals surface area contributed by atoms with Crippen molar-refractivity contribution in [3.8, 4) is 0 Å². The molecule has 9 atom stereocenters. The molecule has 2 N–H and O–H groups in total. The van der Waals surface area contributed by atoms with Crippen LogP contribution in [0.25, 0.3) is 0 Å². The van der Waals surface area contributed by atoms with Gasteiger partial charge in [0.05, 0.1) is 24.2 Å². The standard InChI is InChI=1S/C33H42O10/c1-8-23(36)41-25-24-18(3)21(35)15-33(39,30(24,5)6)28(42-29(38)20-12-10-9-11-13-20)26-31(7,27(25)37)17(2)14-22-32(26,16-40-22)43-19(4)34/h9-13,17,21-22,25-26,28,35,39H,8,14-16H2,1-7H3/t17-,21-,22+,25+,26?,28?,31+,32-,33+/m0/s1. The van der Waals surface area contributed by atoms with Crippen molar-refractivity contribution < 1.29 is 48.3 Å². The first-order valence-corrected chi connectivity index (χ1v) is 15.0. The number of carbonyl (C=O) groups excluding carboxylic acids is 4. The van der Waals surface area contributed by atoms with E-state index < -0.39 is 82.0 Å². The van der Waals surface area contributed by atoms with Crippen LogP contribution >= 0.6 is 0 Å². The van der Waals surface area contributed by atoms with E-state index in [0.717, 1.165) is 0 Å². The molecule has 3 aliphatic carbocycles. The summed E-state index contributed by atoms with van der Waals surface area (Å²) in [5.74, 6) is -4.00. The molecular formula is C33H42O10. The average Bonchev–Trinajstić information content (AvgIpc) is 2.95. The second kappa shape index (κ2) is 10.5. The number of hydrogen-bond donors (Lipinski definition) is 2. The number of hydrogen-bond acceptors (Lipinski definition) is 10. The average molecular weight is 599 g/mol. The fourth-order valence-electron chi connectivity index (χ4n) is 8.25. The molecule has 1 saturated heterocycles. The highest BCUT2D eigenvalue weighted by molar-refractivity contribution is 5.95. The van der Waals surface area contributed by atoms with Gasteiger partial charge in [-0.2, -0.15) is 0 Å². The van der Waals surface area contributed by atoms with E-state index in [9.17, 15) is 24.6 Å². The van der Waals surface area contributed by atoms with Crippen molar-refractivity contribution >= 4 is 23.7 Å². The SMILES string of the molecule is CCC(=O)O[C@H]1C(=O)[C@@]2(C)C(C(OC(=O)c3ccccc3)[C@]3(O)C[C@H](O)C(C)=C1C3(C)C)[C@]1(OC(C)=O)CO[C@@H]1C[C@@H]2C. The van der Waals surface area contributed by atoms with Crippen LogP contribution in [0.4, 0.5) is 0 Å². The first kappa shape index (κ1) is 31.3. The summed E-state index contributed by atoms with van der Waals surface area (Å²) in [6.07, 6.45) is -4.66. The Hall–Kier alpha value is -3.08. The number of ketones is 1. The molecular weight excluding hydrogens is 556 g/mol. The van der Waals surface area contributed by atoms with Gasteiger partial charge in [-0.1, -0.05) is 52.8 Å². The number of benzene rings is 1. The second-order valence-electron chi connectivity index (χ2n) is 13.4. The number of ether oxygens (including phenoxy) is 4. The van der Waals surface area contributed by atoms with E-state index in [4.69, 9.17) is 18.9 Å². The van der Waals surface area contributed by atoms with Crippen LogP contribution in [0, 0.1) is 22.7 Å². The summed E-state index contributed by atoms with van der Waals surface area (Å²) in [7, 11) is 0. The van der Waals surface area contributed by atoms with Crippen LogP contribution in [0.3, 0.4) is 0 Å². The molecule has 0 amide bonds. The molecule has 0 aromatic heterocycles. The quantitative estimate of drug-likeness (QED) is 0.294. The molecule has 10 heteroatoms. The summed E-state index contributed by atoms with van der Waals surface area (Å²) >= 11 is 0. The second-order valence-corrected chi connectivity index (χ2v) is 13.4. The van der Waals surface area contributed by atoms with Crippen molar-refractivity contribution in [1.29, 1.82) is 0 Å². The monoisotopic (exact) mass is 598 g/mol. The summed E-state index contributed by atoms with van der Waals surface area (Å²) in [5.41, 5.74) is -5.31. The van der Waals surface area contributed by atoms with Gasteiger partial charge in [-0.05, 0) is 42.5 Å². The predicted molar refractivity (Wildman–Crippen MR) is 152 cm³/mol. The molecule has 0 radical (unpaired) electrons. The van der Waals surface area contributed by atoms with Gasteiger partial charge in [-0.3, -0.25) is 14.4 Å². The lowest BCUT2D eigenvalue weighted by molar-refractivity contribution is -0.340. The Balaban J connectivity index is 1.83. The van der Waals surface area contributed by atoms with E-state index in [1.165, 1.54) is 6.92 Å². The maximum absolute atomic E-state index is 15.1. The van der Waals surface area contributed by atoms with Crippen LogP contribution in [-0.4, -0.2) is 76.1 Å². The Kier molecular flexibility index (Phi) is 7.67. The highest BCUT2D eigenvalue weighted by atomic mass is 16.6. The molecule has 1 heterocycles. The third-order valence-electron chi connectivity index (χ3n) is 10.9. The summed E-state index contributed by atoms with van der Waals surface area (Å²) in [6, 6.07) is 8.28. The fourth-order valence-corrected chi connectivity index (χ4v) is 8.25. The minimum atomic E-state index is -2.00. The van der Waals surface area contributed by atoms with E-state index in [1.807, 2.05) is 6.92 Å². The summed E-state index contributed by atoms with van der Waals surface area (Å²) in [6.45, 7) is 11.4. The lowest BCUT2D eigenvalue weighted by Gasteiger charge is -2.68. The predicted octanol–water partition coefficient (Wildman–Crippen LogP) is 3.32. The minimum absolute atomic E-state index is 0.00364. The molecule has 1 aromatic carbocycles. The zero-order valence-corrected chi connectivity index (χ0v) is 25.8. The third kappa shape index (κ3) is 4.39. The highest BCUT2D eigenvalue weighted by Crippen LogP contribution is 2.65. The number of carbonyl (C=O) groups is 4. The molecule has 10 nitrogen and oxygen atoms in total. The van der Waals surface area contributed by atoms with Gasteiger partial charge < -0.3 is 29.2 Å². The molecule has 1 aromatic rings. The van der Waals surface area contributed by atoms with Gasteiger partial charge in [-0.15, -0.1) is 0 Å². The topological polar surface area (TPSA) is 146 Å². The fraction of sp³-hybridized carbons (Fsp3) is 0.636. The Labute approximate surface area is 251 Å². The Morgan fingerprint density at radius 2 is 1.74 bits per heavy atom. The highest BCUT2D eigenvalue weighted by Gasteiger charge is 2.77. The van der Waals surface area contributed by atoms with Crippen molar-refractivity contribution in [3.05, 3.63) is 47.0 Å².